The van der Waals surface area contributed by atoms with E-state index in [1.807, 2.05) is 11.6 Å². The van der Waals surface area contributed by atoms with Crippen LogP contribution in [0.15, 0.2) is 6.33 Å². The summed E-state index contributed by atoms with van der Waals surface area (Å²) in [6.45, 7) is 4.57. The van der Waals surface area contributed by atoms with Gasteiger partial charge in [0, 0.05) is 39.0 Å². The van der Waals surface area contributed by atoms with Gasteiger partial charge in [-0.3, -0.25) is 4.79 Å². The molecule has 3 heterocycles. The van der Waals surface area contributed by atoms with Crippen molar-refractivity contribution >= 4 is 5.91 Å². The van der Waals surface area contributed by atoms with Gasteiger partial charge in [-0.25, -0.2) is 0 Å². The number of piperidine rings is 1. The molecule has 0 radical (unpaired) electrons. The lowest BCUT2D eigenvalue weighted by molar-refractivity contribution is -0.135. The van der Waals surface area contributed by atoms with E-state index in [1.165, 1.54) is 38.8 Å². The van der Waals surface area contributed by atoms with Crippen LogP contribution in [0, 0.1) is 0 Å². The number of hydrogen-bond acceptors (Lipinski definition) is 4. The minimum absolute atomic E-state index is 0.291. The smallest absolute Gasteiger partial charge is 0.223 e. The highest BCUT2D eigenvalue weighted by Gasteiger charge is 2.27. The van der Waals surface area contributed by atoms with E-state index in [2.05, 4.69) is 20.0 Å². The Bertz CT molecular complexity index is 509. The molecule has 0 bridgehead atoms. The van der Waals surface area contributed by atoms with Crippen molar-refractivity contribution in [1.29, 1.82) is 0 Å². The highest BCUT2D eigenvalue weighted by atomic mass is 16.2. The Kier molecular flexibility index (Phi) is 5.65. The van der Waals surface area contributed by atoms with Crippen LogP contribution in [-0.4, -0.2) is 62.7 Å². The van der Waals surface area contributed by atoms with Gasteiger partial charge < -0.3 is 14.4 Å². The molecule has 0 aliphatic carbocycles. The number of aromatic nitrogens is 3. The first-order valence-electron chi connectivity index (χ1n) is 9.09. The number of aryl methyl sites for hydroxylation is 2. The van der Waals surface area contributed by atoms with Crippen LogP contribution in [0.5, 0.6) is 0 Å². The van der Waals surface area contributed by atoms with Crippen LogP contribution in [0.25, 0.3) is 0 Å². The molecule has 1 aromatic rings. The van der Waals surface area contributed by atoms with Gasteiger partial charge in [0.25, 0.3) is 0 Å². The number of nitrogens with zero attached hydrogens (tertiary/aromatic N) is 5. The van der Waals surface area contributed by atoms with E-state index < -0.39 is 0 Å². The summed E-state index contributed by atoms with van der Waals surface area (Å²) >= 11 is 0. The van der Waals surface area contributed by atoms with Gasteiger partial charge in [-0.1, -0.05) is 0 Å². The van der Waals surface area contributed by atoms with Crippen molar-refractivity contribution in [3.8, 4) is 0 Å². The standard InChI is InChI=1S/C17H29N5O/c1-20-14-18-19-16(20)7-8-17(23)22-12-3-2-6-15(22)9-13-21-10-4-5-11-21/h14-15H,2-13H2,1H3/t15-/m0/s1. The van der Waals surface area contributed by atoms with Crippen molar-refractivity contribution in [2.45, 2.75) is 57.4 Å². The first kappa shape index (κ1) is 16.4. The minimum Gasteiger partial charge on any atom is -0.340 e. The van der Waals surface area contributed by atoms with Crippen LogP contribution in [0.3, 0.4) is 0 Å². The molecule has 6 heteroatoms. The van der Waals surface area contributed by atoms with Crippen LogP contribution in [0.4, 0.5) is 0 Å². The first-order chi connectivity index (χ1) is 11.2. The van der Waals surface area contributed by atoms with E-state index in [0.717, 1.165) is 31.8 Å². The van der Waals surface area contributed by atoms with Gasteiger partial charge in [-0.15, -0.1) is 10.2 Å². The molecule has 2 fully saturated rings. The zero-order valence-corrected chi connectivity index (χ0v) is 14.3. The quantitative estimate of drug-likeness (QED) is 0.799. The van der Waals surface area contributed by atoms with Gasteiger partial charge in [0.1, 0.15) is 12.2 Å². The Balaban J connectivity index is 1.50. The fraction of sp³-hybridized carbons (Fsp3) is 0.824. The van der Waals surface area contributed by atoms with Gasteiger partial charge in [0.15, 0.2) is 0 Å². The summed E-state index contributed by atoms with van der Waals surface area (Å²) in [5.41, 5.74) is 0. The third kappa shape index (κ3) is 4.31. The van der Waals surface area contributed by atoms with Gasteiger partial charge in [-0.2, -0.15) is 0 Å². The fourth-order valence-corrected chi connectivity index (χ4v) is 3.86. The van der Waals surface area contributed by atoms with Crippen LogP contribution in [-0.2, 0) is 18.3 Å². The molecule has 0 unspecified atom stereocenters. The predicted molar refractivity (Wildman–Crippen MR) is 89.0 cm³/mol. The van der Waals surface area contributed by atoms with Crippen molar-refractivity contribution in [2.24, 2.45) is 7.05 Å². The molecule has 0 saturated carbocycles. The normalized spacial score (nSPS) is 22.7. The summed E-state index contributed by atoms with van der Waals surface area (Å²) in [6, 6.07) is 0.441. The molecule has 6 nitrogen and oxygen atoms in total. The van der Waals surface area contributed by atoms with Crippen LogP contribution in [0.2, 0.25) is 0 Å². The molecular formula is C17H29N5O. The largest absolute Gasteiger partial charge is 0.340 e. The summed E-state index contributed by atoms with van der Waals surface area (Å²) in [5.74, 6) is 1.18. The topological polar surface area (TPSA) is 54.3 Å². The number of rotatable bonds is 6. The summed E-state index contributed by atoms with van der Waals surface area (Å²) in [7, 11) is 1.93. The monoisotopic (exact) mass is 319 g/mol. The summed E-state index contributed by atoms with van der Waals surface area (Å²) in [6.07, 6.45) is 10.3. The maximum Gasteiger partial charge on any atom is 0.223 e. The summed E-state index contributed by atoms with van der Waals surface area (Å²) < 4.78 is 1.90. The van der Waals surface area contributed by atoms with E-state index in [-0.39, 0.29) is 0 Å². The van der Waals surface area contributed by atoms with Gasteiger partial charge >= 0.3 is 0 Å². The molecule has 2 aliphatic rings. The van der Waals surface area contributed by atoms with Crippen LogP contribution in [0.1, 0.15) is 50.8 Å². The highest BCUT2D eigenvalue weighted by Crippen LogP contribution is 2.22. The highest BCUT2D eigenvalue weighted by molar-refractivity contribution is 5.76. The van der Waals surface area contributed by atoms with Crippen molar-refractivity contribution in [1.82, 2.24) is 24.6 Å². The van der Waals surface area contributed by atoms with Crippen molar-refractivity contribution in [2.75, 3.05) is 26.2 Å². The molecule has 1 aromatic heterocycles. The molecule has 128 valence electrons. The second-order valence-electron chi connectivity index (χ2n) is 6.93. The Labute approximate surface area is 138 Å². The number of amides is 1. The molecule has 2 aliphatic heterocycles. The lowest BCUT2D eigenvalue weighted by Gasteiger charge is -2.36. The van der Waals surface area contributed by atoms with Gasteiger partial charge in [0.05, 0.1) is 0 Å². The molecule has 3 rings (SSSR count). The molecule has 0 spiro atoms. The zero-order valence-electron chi connectivity index (χ0n) is 14.3. The average molecular weight is 319 g/mol. The first-order valence-corrected chi connectivity index (χ1v) is 9.09. The van der Waals surface area contributed by atoms with E-state index in [1.54, 1.807) is 6.33 Å². The molecule has 1 atom stereocenters. The van der Waals surface area contributed by atoms with E-state index >= 15 is 0 Å². The van der Waals surface area contributed by atoms with Crippen molar-refractivity contribution < 1.29 is 4.79 Å². The maximum absolute atomic E-state index is 12.7. The molecule has 0 aromatic carbocycles. The Morgan fingerprint density at radius 2 is 2.00 bits per heavy atom. The fourth-order valence-electron chi connectivity index (χ4n) is 3.86. The van der Waals surface area contributed by atoms with Crippen LogP contribution < -0.4 is 0 Å². The lowest BCUT2D eigenvalue weighted by atomic mass is 9.98. The molecular weight excluding hydrogens is 290 g/mol. The van der Waals surface area contributed by atoms with Gasteiger partial charge in [0.2, 0.25) is 5.91 Å². The predicted octanol–water partition coefficient (Wildman–Crippen LogP) is 1.61. The van der Waals surface area contributed by atoms with Crippen molar-refractivity contribution in [3.05, 3.63) is 12.2 Å². The Morgan fingerprint density at radius 1 is 1.22 bits per heavy atom. The molecule has 1 amide bonds. The van der Waals surface area contributed by atoms with E-state index in [4.69, 9.17) is 0 Å². The summed E-state index contributed by atoms with van der Waals surface area (Å²) in [4.78, 5) is 17.4. The number of likely N-dealkylation sites (tertiary alicyclic amines) is 2. The average Bonchev–Trinajstić information content (AvgIpc) is 3.22. The third-order valence-electron chi connectivity index (χ3n) is 5.29. The van der Waals surface area contributed by atoms with Gasteiger partial charge in [-0.05, 0) is 51.6 Å². The SMILES string of the molecule is Cn1cnnc1CCC(=O)N1CCCC[C@H]1CCN1CCCC1. The number of carbonyl (C=O) groups is 1. The second kappa shape index (κ2) is 7.90. The van der Waals surface area contributed by atoms with Crippen LogP contribution >= 0.6 is 0 Å². The molecule has 2 saturated heterocycles. The second-order valence-corrected chi connectivity index (χ2v) is 6.93. The third-order valence-corrected chi connectivity index (χ3v) is 5.29. The molecule has 0 N–H and O–H groups in total. The maximum atomic E-state index is 12.7. The lowest BCUT2D eigenvalue weighted by Crippen LogP contribution is -2.45. The minimum atomic E-state index is 0.291. The van der Waals surface area contributed by atoms with E-state index in [9.17, 15) is 4.79 Å². The van der Waals surface area contributed by atoms with Crippen molar-refractivity contribution in [3.63, 3.8) is 0 Å². The summed E-state index contributed by atoms with van der Waals surface area (Å²) in [5, 5.41) is 7.96. The van der Waals surface area contributed by atoms with E-state index in [0.29, 0.717) is 24.8 Å². The Morgan fingerprint density at radius 3 is 2.74 bits per heavy atom. The number of hydrogen-bond donors (Lipinski definition) is 0. The molecule has 23 heavy (non-hydrogen) atoms. The number of carbonyl (C=O) groups excluding carboxylic acids is 1. The Hall–Kier alpha value is -1.43. The zero-order chi connectivity index (χ0) is 16.1.